The summed E-state index contributed by atoms with van der Waals surface area (Å²) in [6.07, 6.45) is 11.7. The predicted molar refractivity (Wildman–Crippen MR) is 277 cm³/mol. The van der Waals surface area contributed by atoms with E-state index in [1.165, 1.54) is 33.5 Å². The summed E-state index contributed by atoms with van der Waals surface area (Å²) < 4.78 is 53.7. The van der Waals surface area contributed by atoms with E-state index in [1.54, 1.807) is 19.3 Å². The molecule has 68 heavy (non-hydrogen) atoms. The average molecular weight is 998 g/mol. The monoisotopic (exact) mass is 997 g/mol. The molecule has 13 nitrogen and oxygen atoms in total. The second kappa shape index (κ2) is 27.2. The van der Waals surface area contributed by atoms with Crippen molar-refractivity contribution in [1.82, 2.24) is 0 Å². The van der Waals surface area contributed by atoms with Gasteiger partial charge in [0.15, 0.2) is 22.7 Å². The normalized spacial score (nSPS) is 24.0. The third-order valence-corrected chi connectivity index (χ3v) is 23.0. The Hall–Kier alpha value is -2.77. The zero-order valence-corrected chi connectivity index (χ0v) is 47.2. The van der Waals surface area contributed by atoms with E-state index in [9.17, 15) is 19.2 Å². The number of rotatable bonds is 23. The van der Waals surface area contributed by atoms with E-state index in [-0.39, 0.29) is 48.1 Å². The highest BCUT2D eigenvalue weighted by atomic mass is 28.4. The van der Waals surface area contributed by atoms with Crippen LogP contribution in [0.15, 0.2) is 48.6 Å². The third kappa shape index (κ3) is 16.9. The summed E-state index contributed by atoms with van der Waals surface area (Å²) in [6, 6.07) is 0. The number of unbranched alkanes of at least 4 members (excludes halogenated alkanes) is 4. The van der Waals surface area contributed by atoms with Crippen LogP contribution < -0.4 is 0 Å². The topological polar surface area (TPSA) is 151 Å². The van der Waals surface area contributed by atoms with Crippen LogP contribution in [0, 0.1) is 10.8 Å². The first kappa shape index (κ1) is 65.2. The van der Waals surface area contributed by atoms with Gasteiger partial charge in [-0.1, -0.05) is 121 Å². The number of esters is 3. The summed E-state index contributed by atoms with van der Waals surface area (Å²) >= 11 is 0. The zero-order chi connectivity index (χ0) is 51.9. The van der Waals surface area contributed by atoms with Gasteiger partial charge in [0, 0.05) is 68.8 Å². The van der Waals surface area contributed by atoms with Gasteiger partial charge in [-0.3, -0.25) is 9.59 Å². The Morgan fingerprint density at radius 1 is 0.691 bits per heavy atom. The van der Waals surface area contributed by atoms with Gasteiger partial charge in [-0.15, -0.1) is 13.2 Å². The van der Waals surface area contributed by atoms with Gasteiger partial charge in [-0.2, -0.15) is 0 Å². The Balaban J connectivity index is 0.00000135. The Morgan fingerprint density at radius 3 is 1.60 bits per heavy atom. The summed E-state index contributed by atoms with van der Waals surface area (Å²) in [5.74, 6) is -4.75. The Bertz CT molecular complexity index is 1720. The van der Waals surface area contributed by atoms with Crippen LogP contribution in [0.1, 0.15) is 148 Å². The molecule has 0 radical (unpaired) electrons. The van der Waals surface area contributed by atoms with E-state index < -0.39 is 57.1 Å². The number of hydrogen-bond donors (Lipinski definition) is 0. The molecule has 2 heterocycles. The van der Waals surface area contributed by atoms with Gasteiger partial charge in [0.05, 0.1) is 26.4 Å². The summed E-state index contributed by atoms with van der Waals surface area (Å²) in [5, 5.41) is 0.0454. The number of methoxy groups -OCH3 is 4. The molecule has 2 fully saturated rings. The maximum atomic E-state index is 13.5. The number of ether oxygens (including phenoxy) is 7. The smallest absolute Gasteiger partial charge is 0.330 e. The van der Waals surface area contributed by atoms with Gasteiger partial charge in [-0.25, -0.2) is 9.59 Å². The molecule has 0 N–H and O–H groups in total. The van der Waals surface area contributed by atoms with Crippen molar-refractivity contribution in [1.29, 1.82) is 0 Å². The molecule has 15 heteroatoms. The van der Waals surface area contributed by atoms with Crippen LogP contribution in [0.4, 0.5) is 0 Å². The first-order valence-corrected chi connectivity index (χ1v) is 29.9. The molecule has 0 amide bonds. The first-order valence-electron chi connectivity index (χ1n) is 24.0. The molecule has 2 aliphatic rings. The van der Waals surface area contributed by atoms with Crippen molar-refractivity contribution in [3.05, 3.63) is 48.6 Å². The number of carbonyl (C=O) groups excluding carboxylic acids is 4. The van der Waals surface area contributed by atoms with Crippen molar-refractivity contribution in [2.45, 2.75) is 214 Å². The molecular formula is C53H96O13Si2. The lowest BCUT2D eigenvalue weighted by atomic mass is 9.75. The highest BCUT2D eigenvalue weighted by molar-refractivity contribution is 6.74. The van der Waals surface area contributed by atoms with E-state index in [2.05, 4.69) is 87.8 Å². The molecule has 2 saturated heterocycles. The fourth-order valence-corrected chi connectivity index (χ4v) is 9.86. The van der Waals surface area contributed by atoms with Gasteiger partial charge < -0.3 is 42.0 Å². The zero-order valence-electron chi connectivity index (χ0n) is 45.2. The van der Waals surface area contributed by atoms with Crippen LogP contribution in [0.5, 0.6) is 0 Å². The number of Topliss-reactive ketones (excluding diaryl/α,β-unsaturated/α-hetero) is 1. The van der Waals surface area contributed by atoms with Gasteiger partial charge in [0.25, 0.3) is 0 Å². The second-order valence-corrected chi connectivity index (χ2v) is 31.9. The van der Waals surface area contributed by atoms with E-state index in [0.717, 1.165) is 32.1 Å². The van der Waals surface area contributed by atoms with Gasteiger partial charge >= 0.3 is 17.9 Å². The molecule has 0 aromatic rings. The molecule has 0 aliphatic carbocycles. The fraction of sp³-hybridized carbons (Fsp3) is 0.774. The minimum absolute atomic E-state index is 0. The van der Waals surface area contributed by atoms with Crippen LogP contribution >= 0.6 is 0 Å². The molecule has 394 valence electrons. The maximum absolute atomic E-state index is 13.5. The van der Waals surface area contributed by atoms with Crippen molar-refractivity contribution in [2.75, 3.05) is 41.7 Å². The standard InChI is InChI=1S/C30H54O7Si.C22H38O6Si.CH4/c1-12-14-15-16-17-19-25(31)36-27-23(21-26(32)33-8)20-24(18-13-2)37-30(27,34-9)29(6,7)22-35-38(10,11)28(3,4)5;1-11-12-17-13-16(14-18(23)25-7)19(24)22(26-8,28-17)21(5,6)15-27-29(9,10)20(2,3)4;/h13,21,24,27H,2,12,14-20,22H2,1,3-11H3;11,14,17H,1,12-13,15H2,2-10H3;1H4/b23-21+;16-14+;/t24?,27-,30+;17?,22-;/m01./s1. The molecule has 2 aliphatic heterocycles. The molecule has 0 bridgehead atoms. The molecule has 0 saturated carbocycles. The van der Waals surface area contributed by atoms with Crippen molar-refractivity contribution < 1.29 is 61.2 Å². The van der Waals surface area contributed by atoms with Crippen LogP contribution in [-0.4, -0.2) is 112 Å². The van der Waals surface area contributed by atoms with Gasteiger partial charge in [-0.05, 0) is 67.5 Å². The maximum Gasteiger partial charge on any atom is 0.330 e. The molecular weight excluding hydrogens is 901 g/mol. The summed E-state index contributed by atoms with van der Waals surface area (Å²) in [4.78, 5) is 50.8. The Morgan fingerprint density at radius 2 is 1.16 bits per heavy atom. The number of ketones is 1. The van der Waals surface area contributed by atoms with E-state index in [4.69, 9.17) is 42.0 Å². The minimum atomic E-state index is -2.11. The molecule has 2 rings (SSSR count). The highest BCUT2D eigenvalue weighted by Gasteiger charge is 2.61. The van der Waals surface area contributed by atoms with Gasteiger partial charge in [0.2, 0.25) is 17.4 Å². The molecule has 0 spiro atoms. The van der Waals surface area contributed by atoms with Gasteiger partial charge in [0.1, 0.15) is 0 Å². The van der Waals surface area contributed by atoms with Crippen LogP contribution in [-0.2, 0) is 61.2 Å². The van der Waals surface area contributed by atoms with Crippen molar-refractivity contribution in [3.63, 3.8) is 0 Å². The minimum Gasteiger partial charge on any atom is -0.466 e. The Kier molecular flexibility index (Phi) is 26.1. The number of carbonyl (C=O) groups is 4. The van der Waals surface area contributed by atoms with E-state index in [1.807, 2.05) is 27.7 Å². The summed E-state index contributed by atoms with van der Waals surface area (Å²) in [6.45, 7) is 40.0. The second-order valence-electron chi connectivity index (χ2n) is 22.3. The van der Waals surface area contributed by atoms with Crippen LogP contribution in [0.2, 0.25) is 36.3 Å². The fourth-order valence-electron chi connectivity index (χ4n) is 7.55. The molecule has 0 aromatic heterocycles. The number of hydrogen-bond acceptors (Lipinski definition) is 13. The quantitative estimate of drug-likeness (QED) is 0.0239. The molecule has 0 aromatic carbocycles. The average Bonchev–Trinajstić information content (AvgIpc) is 3.23. The van der Waals surface area contributed by atoms with Crippen molar-refractivity contribution in [2.24, 2.45) is 10.8 Å². The SMILES string of the molecule is C.C=CCC1C/C(=C\C(=O)OC)C(=O)[C@](OC)(C(C)(C)CO[Si](C)(C)C(C)(C)C)O1.C=CCC1C/C(=C\C(=O)OC)[C@H](OC(=O)CCCCCCC)[C@](OC)(C(C)(C)CO[Si](C)(C)C(C)(C)C)O1. The van der Waals surface area contributed by atoms with Crippen LogP contribution in [0.25, 0.3) is 0 Å². The summed E-state index contributed by atoms with van der Waals surface area (Å²) in [5.41, 5.74) is -0.615. The Labute approximate surface area is 415 Å². The molecule has 2 unspecified atom stereocenters. The third-order valence-electron chi connectivity index (χ3n) is 14.1. The van der Waals surface area contributed by atoms with Crippen molar-refractivity contribution in [3.8, 4) is 0 Å². The van der Waals surface area contributed by atoms with Crippen LogP contribution in [0.3, 0.4) is 0 Å². The van der Waals surface area contributed by atoms with Crippen molar-refractivity contribution >= 4 is 40.3 Å². The highest BCUT2D eigenvalue weighted by Crippen LogP contribution is 2.50. The van der Waals surface area contributed by atoms with E-state index >= 15 is 0 Å². The lowest BCUT2D eigenvalue weighted by molar-refractivity contribution is -0.348. The summed E-state index contributed by atoms with van der Waals surface area (Å²) in [7, 11) is 1.47. The lowest BCUT2D eigenvalue weighted by Gasteiger charge is -2.54. The van der Waals surface area contributed by atoms with E-state index in [0.29, 0.717) is 49.9 Å². The first-order chi connectivity index (χ1) is 30.8. The molecule has 5 atom stereocenters. The largest absolute Gasteiger partial charge is 0.466 e. The lowest BCUT2D eigenvalue weighted by Crippen LogP contribution is -2.65. The predicted octanol–water partition coefficient (Wildman–Crippen LogP) is 12.2.